The van der Waals surface area contributed by atoms with Gasteiger partial charge < -0.3 is 4.98 Å². The van der Waals surface area contributed by atoms with Crippen molar-refractivity contribution >= 4 is 21.4 Å². The molecule has 27 heavy (non-hydrogen) atoms. The summed E-state index contributed by atoms with van der Waals surface area (Å²) in [6.07, 6.45) is 7.41. The molecule has 4 rings (SSSR count). The van der Waals surface area contributed by atoms with E-state index < -0.39 is 9.84 Å². The maximum atomic E-state index is 12.4. The number of halogens is 1. The topological polar surface area (TPSA) is 67.0 Å². The maximum Gasteiger partial charge on any atom is 0.266 e. The first-order valence-corrected chi connectivity index (χ1v) is 11.6. The van der Waals surface area contributed by atoms with Crippen LogP contribution in [0.3, 0.4) is 0 Å². The summed E-state index contributed by atoms with van der Waals surface area (Å²) in [6, 6.07) is 10.8. The first kappa shape index (κ1) is 18.8. The molecule has 1 N–H and O–H groups in total. The Morgan fingerprint density at radius 1 is 1.00 bits per heavy atom. The number of hydrogen-bond donors (Lipinski definition) is 1. The monoisotopic (exact) mass is 405 g/mol. The van der Waals surface area contributed by atoms with E-state index in [9.17, 15) is 13.2 Å². The van der Waals surface area contributed by atoms with E-state index in [1.54, 1.807) is 18.2 Å². The molecule has 1 unspecified atom stereocenters. The third-order valence-electron chi connectivity index (χ3n) is 5.88. The lowest BCUT2D eigenvalue weighted by molar-refractivity contribution is 0.468. The van der Waals surface area contributed by atoms with Crippen LogP contribution in [-0.4, -0.2) is 18.7 Å². The van der Waals surface area contributed by atoms with Crippen molar-refractivity contribution in [2.24, 2.45) is 5.92 Å². The Balaban J connectivity index is 1.66. The molecule has 4 nitrogen and oxygen atoms in total. The van der Waals surface area contributed by atoms with Crippen LogP contribution in [0.2, 0.25) is 5.02 Å². The predicted octanol–water partition coefficient (Wildman–Crippen LogP) is 4.68. The summed E-state index contributed by atoms with van der Waals surface area (Å²) in [7, 11) is -3.18. The minimum atomic E-state index is -3.18. The van der Waals surface area contributed by atoms with Gasteiger partial charge in [0.15, 0.2) is 9.84 Å². The summed E-state index contributed by atoms with van der Waals surface area (Å²) in [4.78, 5) is 15.3. The molecule has 6 heteroatoms. The normalized spacial score (nSPS) is 19.3. The van der Waals surface area contributed by atoms with Gasteiger partial charge in [-0.15, -0.1) is 0 Å². The Kier molecular flexibility index (Phi) is 5.17. The second-order valence-electron chi connectivity index (χ2n) is 7.84. The van der Waals surface area contributed by atoms with Gasteiger partial charge in [-0.2, -0.15) is 0 Å². The summed E-state index contributed by atoms with van der Waals surface area (Å²) in [5.74, 6) is 0.666. The van der Waals surface area contributed by atoms with Crippen LogP contribution < -0.4 is 5.56 Å². The van der Waals surface area contributed by atoms with Crippen molar-refractivity contribution in [3.8, 4) is 0 Å². The van der Waals surface area contributed by atoms with Crippen molar-refractivity contribution in [3.05, 3.63) is 63.0 Å². The summed E-state index contributed by atoms with van der Waals surface area (Å²) in [5, 5.41) is -0.0190. The molecule has 1 atom stereocenters. The van der Waals surface area contributed by atoms with Crippen LogP contribution in [0.5, 0.6) is 0 Å². The van der Waals surface area contributed by atoms with Crippen LogP contribution in [0.1, 0.15) is 62.1 Å². The van der Waals surface area contributed by atoms with Gasteiger partial charge >= 0.3 is 0 Å². The average Bonchev–Trinajstić information content (AvgIpc) is 3.41. The molecular formula is C21H24ClNO3S. The first-order valence-electron chi connectivity index (χ1n) is 9.68. The maximum absolute atomic E-state index is 12.4. The molecule has 2 aliphatic carbocycles. The number of hydrogen-bond acceptors (Lipinski definition) is 3. The minimum Gasteiger partial charge on any atom is -0.324 e. The van der Waals surface area contributed by atoms with Gasteiger partial charge in [0, 0.05) is 11.6 Å². The van der Waals surface area contributed by atoms with Gasteiger partial charge in [0.1, 0.15) is 5.02 Å². The number of aromatic amines is 1. The number of H-pyrrole nitrogens is 1. The molecule has 0 aliphatic heterocycles. The number of sulfone groups is 1. The molecule has 2 aliphatic rings. The van der Waals surface area contributed by atoms with Crippen molar-refractivity contribution in [1.29, 1.82) is 0 Å². The molecule has 1 aromatic carbocycles. The van der Waals surface area contributed by atoms with Crippen LogP contribution in [0, 0.1) is 5.92 Å². The van der Waals surface area contributed by atoms with Gasteiger partial charge in [-0.1, -0.05) is 49.4 Å². The fraction of sp³-hybridized carbons (Fsp3) is 0.476. The molecule has 1 aromatic heterocycles. The summed E-state index contributed by atoms with van der Waals surface area (Å²) in [6.45, 7) is 0. The molecule has 0 amide bonds. The van der Waals surface area contributed by atoms with Gasteiger partial charge in [0.2, 0.25) is 0 Å². The van der Waals surface area contributed by atoms with E-state index in [2.05, 4.69) is 4.98 Å². The molecule has 2 saturated carbocycles. The quantitative estimate of drug-likeness (QED) is 0.758. The Hall–Kier alpha value is -1.59. The molecule has 2 fully saturated rings. The van der Waals surface area contributed by atoms with Crippen molar-refractivity contribution < 1.29 is 8.42 Å². The molecular weight excluding hydrogens is 382 g/mol. The average molecular weight is 406 g/mol. The molecule has 144 valence electrons. The smallest absolute Gasteiger partial charge is 0.266 e. The Labute approximate surface area is 164 Å². The van der Waals surface area contributed by atoms with Crippen molar-refractivity contribution in [3.63, 3.8) is 0 Å². The lowest BCUT2D eigenvalue weighted by Gasteiger charge is -2.21. The third-order valence-corrected chi connectivity index (χ3v) is 8.45. The lowest BCUT2D eigenvalue weighted by atomic mass is 9.85. The summed E-state index contributed by atoms with van der Waals surface area (Å²) in [5.41, 5.74) is 1.60. The first-order chi connectivity index (χ1) is 12.9. The van der Waals surface area contributed by atoms with E-state index in [1.807, 2.05) is 18.2 Å². The van der Waals surface area contributed by atoms with Crippen LogP contribution in [-0.2, 0) is 9.84 Å². The van der Waals surface area contributed by atoms with E-state index in [-0.39, 0.29) is 21.7 Å². The Morgan fingerprint density at radius 3 is 2.26 bits per heavy atom. The van der Waals surface area contributed by atoms with Gasteiger partial charge in [-0.05, 0) is 55.0 Å². The molecule has 1 heterocycles. The fourth-order valence-electron chi connectivity index (χ4n) is 4.16. The number of pyridine rings is 1. The third kappa shape index (κ3) is 3.99. The van der Waals surface area contributed by atoms with E-state index in [1.165, 1.54) is 25.7 Å². The van der Waals surface area contributed by atoms with Gasteiger partial charge in [-0.25, -0.2) is 8.42 Å². The van der Waals surface area contributed by atoms with Gasteiger partial charge in [0.05, 0.1) is 10.1 Å². The number of rotatable bonds is 6. The molecule has 0 spiro atoms. The predicted molar refractivity (Wildman–Crippen MR) is 107 cm³/mol. The zero-order chi connectivity index (χ0) is 19.0. The largest absolute Gasteiger partial charge is 0.324 e. The molecule has 0 bridgehead atoms. The zero-order valence-corrected chi connectivity index (χ0v) is 16.7. The number of nitrogens with one attached hydrogen (secondary N) is 1. The SMILES string of the molecule is O=c1[nH]c(C(CC2CCCC2)c2ccc(S(=O)(=O)C3CC3)cc2)ccc1Cl. The number of benzene rings is 1. The van der Waals surface area contributed by atoms with Crippen molar-refractivity contribution in [2.75, 3.05) is 0 Å². The standard InChI is InChI=1S/C21H24ClNO3S/c22-19-11-12-20(23-21(19)24)18(13-14-3-1-2-4-14)15-5-7-16(8-6-15)27(25,26)17-9-10-17/h5-8,11-12,14,17-18H,1-4,9-10,13H2,(H,23,24). The Bertz CT molecular complexity index is 971. The molecule has 0 radical (unpaired) electrons. The van der Waals surface area contributed by atoms with E-state index in [0.29, 0.717) is 10.8 Å². The number of aromatic nitrogens is 1. The van der Waals surface area contributed by atoms with Crippen molar-refractivity contribution in [2.45, 2.75) is 61.0 Å². The second-order valence-corrected chi connectivity index (χ2v) is 10.5. The van der Waals surface area contributed by atoms with Crippen LogP contribution >= 0.6 is 11.6 Å². The fourth-order valence-corrected chi connectivity index (χ4v) is 5.92. The van der Waals surface area contributed by atoms with Gasteiger partial charge in [0.25, 0.3) is 5.56 Å². The van der Waals surface area contributed by atoms with E-state index >= 15 is 0 Å². The van der Waals surface area contributed by atoms with Crippen LogP contribution in [0.4, 0.5) is 0 Å². The zero-order valence-electron chi connectivity index (χ0n) is 15.2. The highest BCUT2D eigenvalue weighted by Crippen LogP contribution is 2.38. The van der Waals surface area contributed by atoms with E-state index in [0.717, 1.165) is 30.5 Å². The second kappa shape index (κ2) is 7.44. The van der Waals surface area contributed by atoms with Crippen LogP contribution in [0.25, 0.3) is 0 Å². The summed E-state index contributed by atoms with van der Waals surface area (Å²) < 4.78 is 24.9. The highest BCUT2D eigenvalue weighted by atomic mass is 35.5. The minimum absolute atomic E-state index is 0.0377. The van der Waals surface area contributed by atoms with Gasteiger partial charge in [-0.3, -0.25) is 4.79 Å². The summed E-state index contributed by atoms with van der Waals surface area (Å²) >= 11 is 5.90. The Morgan fingerprint density at radius 2 is 1.67 bits per heavy atom. The van der Waals surface area contributed by atoms with E-state index in [4.69, 9.17) is 11.6 Å². The molecule has 0 saturated heterocycles. The highest BCUT2D eigenvalue weighted by Gasteiger charge is 2.36. The van der Waals surface area contributed by atoms with Crippen LogP contribution in [0.15, 0.2) is 46.1 Å². The van der Waals surface area contributed by atoms with Crippen molar-refractivity contribution in [1.82, 2.24) is 4.98 Å². The lowest BCUT2D eigenvalue weighted by Crippen LogP contribution is -2.15. The highest BCUT2D eigenvalue weighted by molar-refractivity contribution is 7.92. The molecule has 2 aromatic rings.